The highest BCUT2D eigenvalue weighted by molar-refractivity contribution is 7.87. The number of nitro benzene ring substituents is 2. The van der Waals surface area contributed by atoms with E-state index >= 15 is 0 Å². The summed E-state index contributed by atoms with van der Waals surface area (Å²) in [6.07, 6.45) is 4.11. The minimum atomic E-state index is -4.30. The van der Waals surface area contributed by atoms with Gasteiger partial charge in [0.15, 0.2) is 58.7 Å². The van der Waals surface area contributed by atoms with E-state index < -0.39 is 30.1 Å². The fourth-order valence-electron chi connectivity index (χ4n) is 9.68. The van der Waals surface area contributed by atoms with Crippen LogP contribution < -0.4 is 53.8 Å². The van der Waals surface area contributed by atoms with Crippen molar-refractivity contribution in [2.45, 2.75) is 48.2 Å². The Balaban J connectivity index is 0.000000165. The highest BCUT2D eigenvalue weighted by atomic mass is 35.5. The van der Waals surface area contributed by atoms with Gasteiger partial charge in [0.25, 0.3) is 11.4 Å². The molecule has 6 aromatic carbocycles. The maximum Gasteiger partial charge on any atom is 0.339 e. The molecule has 6 heterocycles. The standard InChI is InChI=1S/C25H22N2O8S.C25H19N2O8S.ClH/c2*1-32-22-7-2-15-10-21-19-12-24-23(33-14-34-24)11-16(19)8-9-26(21)13-20(15)25(22)35-36(30,31)18-5-3-17(4-6-18)27(28)29;/h2-7,11-12,21H,8-10,13-14H2,1H3;2-7,10-13H,8-9,14H2,1H3;1H/q;+1;/p-1. The number of nitrogens with zero attached hydrogens (tertiary/aromatic N) is 4. The highest BCUT2D eigenvalue weighted by Crippen LogP contribution is 2.48. The average molecular weight is 1050 g/mol. The quantitative estimate of drug-likeness (QED) is 0.0792. The molecule has 0 radical (unpaired) electrons. The van der Waals surface area contributed by atoms with Crippen LogP contribution in [0.3, 0.4) is 0 Å². The highest BCUT2D eigenvalue weighted by Gasteiger charge is 2.37. The van der Waals surface area contributed by atoms with Crippen LogP contribution in [0.5, 0.6) is 46.0 Å². The van der Waals surface area contributed by atoms with Gasteiger partial charge in [0.2, 0.25) is 19.3 Å². The van der Waals surface area contributed by atoms with E-state index in [1.165, 1.54) is 25.3 Å². The third kappa shape index (κ3) is 8.95. The second kappa shape index (κ2) is 18.9. The van der Waals surface area contributed by atoms with Gasteiger partial charge in [-0.2, -0.15) is 21.4 Å². The van der Waals surface area contributed by atoms with E-state index in [1.54, 1.807) is 12.1 Å². The predicted molar refractivity (Wildman–Crippen MR) is 254 cm³/mol. The Bertz CT molecular complexity index is 3640. The van der Waals surface area contributed by atoms with Gasteiger partial charge in [0.1, 0.15) is 9.79 Å². The average Bonchev–Trinajstić information content (AvgIpc) is 4.06. The summed E-state index contributed by atoms with van der Waals surface area (Å²) in [7, 11) is -5.67. The number of fused-ring (bicyclic) bond motifs is 10. The van der Waals surface area contributed by atoms with Crippen LogP contribution in [0, 0.1) is 20.2 Å². The van der Waals surface area contributed by atoms with Crippen LogP contribution in [0.25, 0.3) is 22.0 Å². The number of benzene rings is 6. The Morgan fingerprint density at radius 1 is 0.644 bits per heavy atom. The predicted octanol–water partition coefficient (Wildman–Crippen LogP) is 4.52. The van der Waals surface area contributed by atoms with Crippen molar-refractivity contribution < 1.29 is 80.4 Å². The molecule has 376 valence electrons. The van der Waals surface area contributed by atoms with E-state index in [0.29, 0.717) is 36.4 Å². The number of aromatic nitrogens is 1. The molecule has 1 atom stereocenters. The van der Waals surface area contributed by atoms with Crippen LogP contribution in [0.4, 0.5) is 11.4 Å². The van der Waals surface area contributed by atoms with E-state index in [-0.39, 0.29) is 70.4 Å². The van der Waals surface area contributed by atoms with Crippen LogP contribution in [0.15, 0.2) is 119 Å². The van der Waals surface area contributed by atoms with E-state index in [1.807, 2.05) is 41.1 Å². The number of hydrogen-bond donors (Lipinski definition) is 0. The zero-order chi connectivity index (χ0) is 50.1. The van der Waals surface area contributed by atoms with Gasteiger partial charge >= 0.3 is 20.2 Å². The third-order valence-electron chi connectivity index (χ3n) is 13.3. The number of hydrogen-bond acceptors (Lipinski definition) is 17. The number of methoxy groups -OCH3 is 2. The molecule has 5 aliphatic heterocycles. The maximum absolute atomic E-state index is 13.1. The lowest BCUT2D eigenvalue weighted by Crippen LogP contribution is -3.00. The van der Waals surface area contributed by atoms with Crippen molar-refractivity contribution >= 4 is 42.4 Å². The van der Waals surface area contributed by atoms with Crippen LogP contribution in [-0.4, -0.2) is 65.9 Å². The summed E-state index contributed by atoms with van der Waals surface area (Å²) in [4.78, 5) is 22.6. The minimum Gasteiger partial charge on any atom is -1.00 e. The number of ether oxygens (including phenoxy) is 6. The topological polar surface area (TPSA) is 236 Å². The summed E-state index contributed by atoms with van der Waals surface area (Å²) in [5.74, 6) is 3.68. The molecule has 23 heteroatoms. The molecule has 0 aliphatic carbocycles. The molecule has 0 N–H and O–H groups in total. The van der Waals surface area contributed by atoms with E-state index in [4.69, 9.17) is 36.8 Å². The van der Waals surface area contributed by atoms with E-state index in [0.717, 1.165) is 118 Å². The summed E-state index contributed by atoms with van der Waals surface area (Å²) >= 11 is 0. The molecule has 0 saturated carbocycles. The normalized spacial score (nSPS) is 15.7. The smallest absolute Gasteiger partial charge is 0.339 e. The van der Waals surface area contributed by atoms with Crippen LogP contribution in [0.1, 0.15) is 33.9 Å². The zero-order valence-corrected chi connectivity index (χ0v) is 41.0. The molecule has 7 aromatic rings. The first-order valence-electron chi connectivity index (χ1n) is 22.4. The Morgan fingerprint density at radius 3 is 1.79 bits per heavy atom. The lowest BCUT2D eigenvalue weighted by molar-refractivity contribution is -0.686. The van der Waals surface area contributed by atoms with Crippen molar-refractivity contribution in [1.82, 2.24) is 4.90 Å². The van der Waals surface area contributed by atoms with Crippen LogP contribution >= 0.6 is 0 Å². The van der Waals surface area contributed by atoms with Gasteiger partial charge in [0, 0.05) is 61.4 Å². The Morgan fingerprint density at radius 2 is 1.19 bits per heavy atom. The molecule has 0 saturated heterocycles. The lowest BCUT2D eigenvalue weighted by atomic mass is 9.83. The van der Waals surface area contributed by atoms with Crippen molar-refractivity contribution in [3.8, 4) is 57.3 Å². The van der Waals surface area contributed by atoms with Gasteiger partial charge < -0.3 is 49.2 Å². The maximum atomic E-state index is 13.1. The van der Waals surface area contributed by atoms with Gasteiger partial charge in [0.05, 0.1) is 35.0 Å². The number of nitro groups is 2. The molecule has 0 bridgehead atoms. The Labute approximate surface area is 423 Å². The summed E-state index contributed by atoms with van der Waals surface area (Å²) in [5, 5.41) is 23.2. The fourth-order valence-corrected chi connectivity index (χ4v) is 11.6. The van der Waals surface area contributed by atoms with Crippen molar-refractivity contribution in [3.05, 3.63) is 157 Å². The zero-order valence-electron chi connectivity index (χ0n) is 38.6. The van der Waals surface area contributed by atoms with Gasteiger partial charge in [-0.3, -0.25) is 25.1 Å². The lowest BCUT2D eigenvalue weighted by Gasteiger charge is -2.41. The first kappa shape index (κ1) is 48.7. The molecule has 73 heavy (non-hydrogen) atoms. The van der Waals surface area contributed by atoms with Crippen molar-refractivity contribution in [2.75, 3.05) is 34.4 Å². The molecule has 1 unspecified atom stereocenters. The van der Waals surface area contributed by atoms with E-state index in [9.17, 15) is 37.1 Å². The number of halogens is 1. The molecular formula is C50H41ClN4O16S2. The number of rotatable bonds is 10. The van der Waals surface area contributed by atoms with Gasteiger partial charge in [-0.05, 0) is 107 Å². The molecule has 12 rings (SSSR count). The second-order valence-corrected chi connectivity index (χ2v) is 20.3. The number of aryl methyl sites for hydroxylation is 2. The largest absolute Gasteiger partial charge is 1.00 e. The molecule has 5 aliphatic rings. The molecule has 0 fully saturated rings. The van der Waals surface area contributed by atoms with Crippen LogP contribution in [0.2, 0.25) is 0 Å². The van der Waals surface area contributed by atoms with Gasteiger partial charge in [-0.1, -0.05) is 6.07 Å². The Kier molecular flexibility index (Phi) is 12.6. The monoisotopic (exact) mass is 1050 g/mol. The fraction of sp³-hybridized carbons (Fsp3) is 0.220. The van der Waals surface area contributed by atoms with Crippen molar-refractivity contribution in [2.24, 2.45) is 0 Å². The summed E-state index contributed by atoms with van der Waals surface area (Å²) in [6.45, 7) is 2.36. The summed E-state index contributed by atoms with van der Waals surface area (Å²) in [5.41, 5.74) is 6.83. The first-order valence-corrected chi connectivity index (χ1v) is 25.2. The van der Waals surface area contributed by atoms with Crippen molar-refractivity contribution in [3.63, 3.8) is 0 Å². The summed E-state index contributed by atoms with van der Waals surface area (Å²) in [6, 6.07) is 26.4. The molecular weight excluding hydrogens is 1010 g/mol. The third-order valence-corrected chi connectivity index (χ3v) is 15.7. The van der Waals surface area contributed by atoms with Gasteiger partial charge in [-0.15, -0.1) is 0 Å². The summed E-state index contributed by atoms with van der Waals surface area (Å²) < 4.78 is 98.7. The second-order valence-electron chi connectivity index (χ2n) is 17.2. The number of pyridine rings is 1. The SMILES string of the molecule is COc1ccc2c(c1OS(=O)(=O)c1ccc([N+](=O)[O-])cc1)CN1CCc3cc4c(cc3C1C2)OCO4.COc1ccc2cc3[n+](cc2c1OS(=O)(=O)c1ccc([N+](=O)[O-])cc1)CCc1cc2c(cc1-3)OCO2.[Cl-]. The number of non-ortho nitro benzene ring substituents is 2. The van der Waals surface area contributed by atoms with E-state index in [2.05, 4.69) is 17.0 Å². The molecule has 1 aromatic heterocycles. The first-order chi connectivity index (χ1) is 34.7. The molecule has 20 nitrogen and oxygen atoms in total. The van der Waals surface area contributed by atoms with Gasteiger partial charge in [-0.25, -0.2) is 0 Å². The molecule has 0 amide bonds. The molecule has 0 spiro atoms. The Hall–Kier alpha value is -7.92. The van der Waals surface area contributed by atoms with Crippen LogP contribution in [-0.2, 0) is 52.6 Å². The minimum absolute atomic E-state index is 0. The van der Waals surface area contributed by atoms with Crippen molar-refractivity contribution in [1.29, 1.82) is 0 Å².